The Labute approximate surface area is 113 Å². The molecule has 1 fully saturated rings. The molecule has 1 aromatic rings. The smallest absolute Gasteiger partial charge is 0.239 e. The van der Waals surface area contributed by atoms with E-state index in [1.807, 2.05) is 13.8 Å². The second-order valence-electron chi connectivity index (χ2n) is 5.16. The number of hydrogen-bond acceptors (Lipinski definition) is 5. The quantitative estimate of drug-likeness (QED) is 0.910. The van der Waals surface area contributed by atoms with Crippen molar-refractivity contribution in [1.82, 2.24) is 15.5 Å². The third kappa shape index (κ3) is 2.90. The van der Waals surface area contributed by atoms with Gasteiger partial charge >= 0.3 is 0 Å². The number of rotatable bonds is 3. The molecule has 0 aliphatic carbocycles. The van der Waals surface area contributed by atoms with Gasteiger partial charge in [0.1, 0.15) is 11.2 Å². The lowest BCUT2D eigenvalue weighted by atomic mass is 9.89. The van der Waals surface area contributed by atoms with E-state index in [0.29, 0.717) is 11.8 Å². The van der Waals surface area contributed by atoms with Crippen molar-refractivity contribution >= 4 is 18.2 Å². The van der Waals surface area contributed by atoms with Crippen LogP contribution >= 0.6 is 12.4 Å². The molecule has 0 unspecified atom stereocenters. The summed E-state index contributed by atoms with van der Waals surface area (Å²) in [6, 6.07) is 0. The molecule has 6 heteroatoms. The van der Waals surface area contributed by atoms with Gasteiger partial charge in [0, 0.05) is 5.92 Å². The normalized spacial score (nSPS) is 17.3. The first-order valence-electron chi connectivity index (χ1n) is 6.07. The van der Waals surface area contributed by atoms with Crippen LogP contribution in [0.3, 0.4) is 0 Å². The van der Waals surface area contributed by atoms with Crippen molar-refractivity contribution in [1.29, 1.82) is 0 Å². The van der Waals surface area contributed by atoms with E-state index in [0.717, 1.165) is 31.8 Å². The zero-order valence-corrected chi connectivity index (χ0v) is 11.8. The number of nitrogens with zero attached hydrogens (tertiary/aromatic N) is 2. The van der Waals surface area contributed by atoms with Gasteiger partial charge in [0.2, 0.25) is 5.89 Å². The molecule has 0 bridgehead atoms. The molecule has 18 heavy (non-hydrogen) atoms. The Hall–Kier alpha value is -0.940. The maximum Gasteiger partial charge on any atom is 0.239 e. The van der Waals surface area contributed by atoms with Crippen molar-refractivity contribution in [2.75, 3.05) is 13.1 Å². The van der Waals surface area contributed by atoms with E-state index in [1.54, 1.807) is 6.92 Å². The molecule has 2 heterocycles. The number of ketones is 1. The minimum absolute atomic E-state index is 0. The zero-order valence-electron chi connectivity index (χ0n) is 11.0. The third-order valence-corrected chi connectivity index (χ3v) is 3.56. The van der Waals surface area contributed by atoms with Crippen LogP contribution in [0, 0.1) is 0 Å². The van der Waals surface area contributed by atoms with Crippen LogP contribution in [0.4, 0.5) is 0 Å². The van der Waals surface area contributed by atoms with Gasteiger partial charge in [0.25, 0.3) is 0 Å². The van der Waals surface area contributed by atoms with Gasteiger partial charge in [-0.3, -0.25) is 4.79 Å². The van der Waals surface area contributed by atoms with Crippen LogP contribution in [0.1, 0.15) is 51.2 Å². The summed E-state index contributed by atoms with van der Waals surface area (Å²) in [4.78, 5) is 15.9. The molecule has 5 nitrogen and oxygen atoms in total. The fraction of sp³-hybridized carbons (Fsp3) is 0.750. The van der Waals surface area contributed by atoms with E-state index in [4.69, 9.17) is 4.52 Å². The summed E-state index contributed by atoms with van der Waals surface area (Å²) in [5.74, 6) is 1.57. The van der Waals surface area contributed by atoms with E-state index >= 15 is 0 Å². The summed E-state index contributed by atoms with van der Waals surface area (Å²) >= 11 is 0. The summed E-state index contributed by atoms with van der Waals surface area (Å²) in [5.41, 5.74) is -0.682. The van der Waals surface area contributed by atoms with Crippen molar-refractivity contribution in [2.45, 2.75) is 44.9 Å². The Balaban J connectivity index is 0.00000162. The molecule has 0 amide bonds. The summed E-state index contributed by atoms with van der Waals surface area (Å²) in [6.45, 7) is 7.16. The topological polar surface area (TPSA) is 68.0 Å². The second kappa shape index (κ2) is 5.80. The number of nitrogens with one attached hydrogen (secondary N) is 1. The van der Waals surface area contributed by atoms with Crippen LogP contribution in [-0.2, 0) is 10.2 Å². The van der Waals surface area contributed by atoms with E-state index in [2.05, 4.69) is 15.5 Å². The largest absolute Gasteiger partial charge is 0.338 e. The van der Waals surface area contributed by atoms with E-state index in [-0.39, 0.29) is 18.2 Å². The van der Waals surface area contributed by atoms with Crippen molar-refractivity contribution in [3.63, 3.8) is 0 Å². The SMILES string of the molecule is CC(=O)C(C)(C)c1nc(C2CCNCC2)no1.Cl. The van der Waals surface area contributed by atoms with Crippen molar-refractivity contribution in [2.24, 2.45) is 0 Å². The first-order chi connectivity index (χ1) is 8.01. The van der Waals surface area contributed by atoms with Crippen LogP contribution in [0.2, 0.25) is 0 Å². The molecule has 1 aliphatic rings. The predicted octanol–water partition coefficient (Wildman–Crippen LogP) is 1.82. The van der Waals surface area contributed by atoms with E-state index in [1.165, 1.54) is 0 Å². The molecule has 0 aromatic carbocycles. The average Bonchev–Trinajstić information content (AvgIpc) is 2.80. The number of carbonyl (C=O) groups excluding carboxylic acids is 1. The fourth-order valence-corrected chi connectivity index (χ4v) is 1.89. The van der Waals surface area contributed by atoms with Gasteiger partial charge in [-0.1, -0.05) is 5.16 Å². The number of carbonyl (C=O) groups is 1. The number of hydrogen-bond donors (Lipinski definition) is 1. The highest BCUT2D eigenvalue weighted by Crippen LogP contribution is 2.27. The van der Waals surface area contributed by atoms with Crippen LogP contribution in [0.5, 0.6) is 0 Å². The molecule has 1 N–H and O–H groups in total. The molecule has 102 valence electrons. The van der Waals surface area contributed by atoms with Gasteiger partial charge in [-0.15, -0.1) is 12.4 Å². The molecule has 1 saturated heterocycles. The van der Waals surface area contributed by atoms with E-state index in [9.17, 15) is 4.79 Å². The van der Waals surface area contributed by atoms with Crippen molar-refractivity contribution < 1.29 is 9.32 Å². The molecule has 1 aromatic heterocycles. The predicted molar refractivity (Wildman–Crippen MR) is 70.1 cm³/mol. The highest BCUT2D eigenvalue weighted by molar-refractivity contribution is 5.86. The Morgan fingerprint density at radius 1 is 1.39 bits per heavy atom. The standard InChI is InChI=1S/C12H19N3O2.ClH/c1-8(16)12(2,3)11-14-10(15-17-11)9-4-6-13-7-5-9;/h9,13H,4-7H2,1-3H3;1H. The number of piperidine rings is 1. The summed E-state index contributed by atoms with van der Waals surface area (Å²) < 4.78 is 5.24. The van der Waals surface area contributed by atoms with Gasteiger partial charge in [0.15, 0.2) is 5.82 Å². The lowest BCUT2D eigenvalue weighted by Gasteiger charge is -2.19. The number of Topliss-reactive ketones (excluding diaryl/α,β-unsaturated/α-hetero) is 1. The average molecular weight is 274 g/mol. The lowest BCUT2D eigenvalue weighted by Crippen LogP contribution is -2.28. The fourth-order valence-electron chi connectivity index (χ4n) is 1.89. The summed E-state index contributed by atoms with van der Waals surface area (Å²) in [7, 11) is 0. The minimum atomic E-state index is -0.682. The van der Waals surface area contributed by atoms with Gasteiger partial charge in [-0.05, 0) is 46.7 Å². The number of aromatic nitrogens is 2. The van der Waals surface area contributed by atoms with Gasteiger partial charge in [-0.2, -0.15) is 4.98 Å². The van der Waals surface area contributed by atoms with Gasteiger partial charge in [0.05, 0.1) is 0 Å². The van der Waals surface area contributed by atoms with Crippen molar-refractivity contribution in [3.8, 4) is 0 Å². The molecule has 0 atom stereocenters. The van der Waals surface area contributed by atoms with Crippen LogP contribution in [0.15, 0.2) is 4.52 Å². The maximum absolute atomic E-state index is 11.5. The van der Waals surface area contributed by atoms with Crippen molar-refractivity contribution in [3.05, 3.63) is 11.7 Å². The molecule has 0 radical (unpaired) electrons. The first-order valence-corrected chi connectivity index (χ1v) is 6.07. The monoisotopic (exact) mass is 273 g/mol. The van der Waals surface area contributed by atoms with Gasteiger partial charge < -0.3 is 9.84 Å². The molecular weight excluding hydrogens is 254 g/mol. The van der Waals surface area contributed by atoms with Gasteiger partial charge in [-0.25, -0.2) is 0 Å². The molecule has 0 spiro atoms. The lowest BCUT2D eigenvalue weighted by molar-refractivity contribution is -0.122. The molecule has 1 aliphatic heterocycles. The summed E-state index contributed by atoms with van der Waals surface area (Å²) in [5, 5.41) is 7.32. The second-order valence-corrected chi connectivity index (χ2v) is 5.16. The first kappa shape index (κ1) is 15.1. The summed E-state index contributed by atoms with van der Waals surface area (Å²) in [6.07, 6.45) is 2.05. The number of halogens is 1. The van der Waals surface area contributed by atoms with E-state index < -0.39 is 5.41 Å². The molecular formula is C12H20ClN3O2. The highest BCUT2D eigenvalue weighted by Gasteiger charge is 2.33. The molecule has 0 saturated carbocycles. The zero-order chi connectivity index (χ0) is 12.5. The Kier molecular flexibility index (Phi) is 4.87. The van der Waals surface area contributed by atoms with Crippen LogP contribution in [-0.4, -0.2) is 29.0 Å². The van der Waals surface area contributed by atoms with Crippen LogP contribution < -0.4 is 5.32 Å². The Morgan fingerprint density at radius 3 is 2.56 bits per heavy atom. The molecule has 2 rings (SSSR count). The van der Waals surface area contributed by atoms with Crippen LogP contribution in [0.25, 0.3) is 0 Å². The third-order valence-electron chi connectivity index (χ3n) is 3.56. The Morgan fingerprint density at radius 2 is 2.00 bits per heavy atom. The Bertz CT molecular complexity index is 411. The minimum Gasteiger partial charge on any atom is -0.338 e. The highest BCUT2D eigenvalue weighted by atomic mass is 35.5. The maximum atomic E-state index is 11.5.